The molecule has 0 saturated carbocycles. The third-order valence-electron chi connectivity index (χ3n) is 3.12. The van der Waals surface area contributed by atoms with Crippen LogP contribution in [0.1, 0.15) is 13.3 Å². The van der Waals surface area contributed by atoms with E-state index in [0.29, 0.717) is 5.82 Å². The van der Waals surface area contributed by atoms with Crippen molar-refractivity contribution < 1.29 is 9.84 Å². The molecule has 1 atom stereocenters. The zero-order chi connectivity index (χ0) is 14.4. The van der Waals surface area contributed by atoms with Crippen molar-refractivity contribution in [2.75, 3.05) is 19.0 Å². The third kappa shape index (κ3) is 3.24. The first-order valence-corrected chi connectivity index (χ1v) is 6.61. The van der Waals surface area contributed by atoms with Crippen LogP contribution < -0.4 is 10.1 Å². The van der Waals surface area contributed by atoms with Crippen molar-refractivity contribution >= 4 is 5.82 Å². The van der Waals surface area contributed by atoms with E-state index < -0.39 is 0 Å². The average molecular weight is 273 g/mol. The molecule has 0 aliphatic rings. The Balaban J connectivity index is 2.30. The first kappa shape index (κ1) is 14.3. The van der Waals surface area contributed by atoms with E-state index >= 15 is 0 Å². The van der Waals surface area contributed by atoms with Crippen molar-refractivity contribution in [1.82, 2.24) is 9.97 Å². The number of rotatable bonds is 6. The highest BCUT2D eigenvalue weighted by molar-refractivity contribution is 5.71. The van der Waals surface area contributed by atoms with Gasteiger partial charge in [-0.3, -0.25) is 4.98 Å². The predicted molar refractivity (Wildman–Crippen MR) is 78.8 cm³/mol. The lowest BCUT2D eigenvalue weighted by Crippen LogP contribution is -2.23. The van der Waals surface area contributed by atoms with Gasteiger partial charge >= 0.3 is 0 Å². The summed E-state index contributed by atoms with van der Waals surface area (Å²) in [6.07, 6.45) is 4.11. The number of aromatic nitrogens is 2. The molecule has 1 unspecified atom stereocenters. The molecular formula is C15H19N3O2. The summed E-state index contributed by atoms with van der Waals surface area (Å²) in [6, 6.07) is 7.62. The van der Waals surface area contributed by atoms with Gasteiger partial charge in [-0.05, 0) is 30.7 Å². The lowest BCUT2D eigenvalue weighted by Gasteiger charge is -2.16. The van der Waals surface area contributed by atoms with Gasteiger partial charge in [-0.1, -0.05) is 6.92 Å². The largest absolute Gasteiger partial charge is 0.497 e. The maximum Gasteiger partial charge on any atom is 0.152 e. The molecule has 0 fully saturated rings. The van der Waals surface area contributed by atoms with Gasteiger partial charge in [0.1, 0.15) is 11.4 Å². The Hall–Kier alpha value is -2.14. The molecule has 2 aromatic rings. The van der Waals surface area contributed by atoms with Crippen LogP contribution >= 0.6 is 0 Å². The van der Waals surface area contributed by atoms with Gasteiger partial charge in [0, 0.05) is 18.0 Å². The number of nitrogens with zero attached hydrogens (tertiary/aromatic N) is 2. The quantitative estimate of drug-likeness (QED) is 0.845. The van der Waals surface area contributed by atoms with E-state index in [4.69, 9.17) is 4.74 Å². The van der Waals surface area contributed by atoms with Crippen LogP contribution in [0.3, 0.4) is 0 Å². The number of hydrogen-bond acceptors (Lipinski definition) is 5. The van der Waals surface area contributed by atoms with Crippen molar-refractivity contribution in [3.8, 4) is 17.0 Å². The van der Waals surface area contributed by atoms with E-state index in [1.807, 2.05) is 31.2 Å². The average Bonchev–Trinajstić information content (AvgIpc) is 2.53. The van der Waals surface area contributed by atoms with E-state index in [-0.39, 0.29) is 12.6 Å². The second-order valence-electron chi connectivity index (χ2n) is 4.41. The lowest BCUT2D eigenvalue weighted by molar-refractivity contribution is 0.271. The number of hydrogen-bond donors (Lipinski definition) is 2. The van der Waals surface area contributed by atoms with Crippen LogP contribution in [0.15, 0.2) is 36.7 Å². The minimum Gasteiger partial charge on any atom is -0.497 e. The van der Waals surface area contributed by atoms with Gasteiger partial charge in [0.05, 0.1) is 19.8 Å². The molecule has 0 aliphatic carbocycles. The second-order valence-corrected chi connectivity index (χ2v) is 4.41. The maximum absolute atomic E-state index is 9.29. The van der Waals surface area contributed by atoms with Crippen LogP contribution in [-0.2, 0) is 0 Å². The van der Waals surface area contributed by atoms with E-state index in [1.54, 1.807) is 19.5 Å². The molecule has 0 radical (unpaired) electrons. The number of aliphatic hydroxyl groups excluding tert-OH is 1. The summed E-state index contributed by atoms with van der Waals surface area (Å²) in [5, 5.41) is 12.5. The van der Waals surface area contributed by atoms with Crippen LogP contribution in [0, 0.1) is 0 Å². The molecular weight excluding hydrogens is 254 g/mol. The Labute approximate surface area is 118 Å². The van der Waals surface area contributed by atoms with E-state index in [0.717, 1.165) is 23.4 Å². The molecule has 2 N–H and O–H groups in total. The topological polar surface area (TPSA) is 67.3 Å². The van der Waals surface area contributed by atoms with Crippen LogP contribution in [0.4, 0.5) is 5.82 Å². The Morgan fingerprint density at radius 3 is 2.50 bits per heavy atom. The summed E-state index contributed by atoms with van der Waals surface area (Å²) in [4.78, 5) is 8.70. The smallest absolute Gasteiger partial charge is 0.152 e. The number of benzene rings is 1. The highest BCUT2D eigenvalue weighted by atomic mass is 16.5. The zero-order valence-electron chi connectivity index (χ0n) is 11.7. The fourth-order valence-corrected chi connectivity index (χ4v) is 1.87. The van der Waals surface area contributed by atoms with Crippen LogP contribution in [0.25, 0.3) is 11.3 Å². The molecule has 5 heteroatoms. The predicted octanol–water partition coefficient (Wildman–Crippen LogP) is 2.33. The molecule has 0 saturated heterocycles. The second kappa shape index (κ2) is 6.86. The fourth-order valence-electron chi connectivity index (χ4n) is 1.87. The summed E-state index contributed by atoms with van der Waals surface area (Å²) in [7, 11) is 1.64. The SMILES string of the molecule is CCC(CO)Nc1nccnc1-c1ccc(OC)cc1. The molecule has 2 rings (SSSR count). The number of methoxy groups -OCH3 is 1. The van der Waals surface area contributed by atoms with Crippen LogP contribution in [0.2, 0.25) is 0 Å². The van der Waals surface area contributed by atoms with Gasteiger partial charge in [-0.15, -0.1) is 0 Å². The Morgan fingerprint density at radius 2 is 1.90 bits per heavy atom. The third-order valence-corrected chi connectivity index (χ3v) is 3.12. The molecule has 5 nitrogen and oxygen atoms in total. The summed E-state index contributed by atoms with van der Waals surface area (Å²) in [6.45, 7) is 2.08. The molecule has 0 bridgehead atoms. The normalized spacial score (nSPS) is 11.9. The van der Waals surface area contributed by atoms with E-state index in [2.05, 4.69) is 15.3 Å². The summed E-state index contributed by atoms with van der Waals surface area (Å²) < 4.78 is 5.15. The van der Waals surface area contributed by atoms with Crippen molar-refractivity contribution in [2.24, 2.45) is 0 Å². The maximum atomic E-state index is 9.29. The standard InChI is InChI=1S/C15H19N3O2/c1-3-12(10-19)18-15-14(16-8-9-17-15)11-4-6-13(20-2)7-5-11/h4-9,12,19H,3,10H2,1-2H3,(H,17,18). The molecule has 1 aromatic carbocycles. The van der Waals surface area contributed by atoms with Crippen molar-refractivity contribution in [3.63, 3.8) is 0 Å². The van der Waals surface area contributed by atoms with Gasteiger partial charge in [-0.2, -0.15) is 0 Å². The summed E-state index contributed by atoms with van der Waals surface area (Å²) in [5.74, 6) is 1.48. The van der Waals surface area contributed by atoms with Gasteiger partial charge in [0.25, 0.3) is 0 Å². The van der Waals surface area contributed by atoms with Gasteiger partial charge in [0.15, 0.2) is 5.82 Å². The molecule has 0 spiro atoms. The van der Waals surface area contributed by atoms with E-state index in [1.165, 1.54) is 0 Å². The zero-order valence-corrected chi connectivity index (χ0v) is 11.7. The Bertz CT molecular complexity index is 539. The van der Waals surface area contributed by atoms with Gasteiger partial charge in [0.2, 0.25) is 0 Å². The Kier molecular flexibility index (Phi) is 4.90. The van der Waals surface area contributed by atoms with Gasteiger partial charge in [-0.25, -0.2) is 4.98 Å². The van der Waals surface area contributed by atoms with E-state index in [9.17, 15) is 5.11 Å². The monoisotopic (exact) mass is 273 g/mol. The highest BCUT2D eigenvalue weighted by Crippen LogP contribution is 2.26. The number of ether oxygens (including phenoxy) is 1. The molecule has 1 heterocycles. The number of anilines is 1. The molecule has 1 aromatic heterocycles. The molecule has 0 amide bonds. The highest BCUT2D eigenvalue weighted by Gasteiger charge is 2.11. The minimum atomic E-state index is -0.0244. The summed E-state index contributed by atoms with van der Waals surface area (Å²) in [5.41, 5.74) is 1.72. The van der Waals surface area contributed by atoms with Crippen LogP contribution in [-0.4, -0.2) is 34.8 Å². The summed E-state index contributed by atoms with van der Waals surface area (Å²) >= 11 is 0. The van der Waals surface area contributed by atoms with Crippen LogP contribution in [0.5, 0.6) is 5.75 Å². The van der Waals surface area contributed by atoms with Crippen molar-refractivity contribution in [1.29, 1.82) is 0 Å². The van der Waals surface area contributed by atoms with Gasteiger partial charge < -0.3 is 15.2 Å². The Morgan fingerprint density at radius 1 is 1.20 bits per heavy atom. The van der Waals surface area contributed by atoms with Crippen molar-refractivity contribution in [3.05, 3.63) is 36.7 Å². The minimum absolute atomic E-state index is 0.0244. The number of aliphatic hydroxyl groups is 1. The van der Waals surface area contributed by atoms with Crippen molar-refractivity contribution in [2.45, 2.75) is 19.4 Å². The molecule has 20 heavy (non-hydrogen) atoms. The number of nitrogens with one attached hydrogen (secondary N) is 1. The fraction of sp³-hybridized carbons (Fsp3) is 0.333. The molecule has 106 valence electrons. The first-order valence-electron chi connectivity index (χ1n) is 6.61. The lowest BCUT2D eigenvalue weighted by atomic mass is 10.1. The first-order chi connectivity index (χ1) is 9.78. The molecule has 0 aliphatic heterocycles.